The van der Waals surface area contributed by atoms with Gasteiger partial charge in [0.25, 0.3) is 0 Å². The third-order valence-corrected chi connectivity index (χ3v) is 4.69. The molecule has 7 heteroatoms. The summed E-state index contributed by atoms with van der Waals surface area (Å²) in [5.74, 6) is 2.45. The quantitative estimate of drug-likeness (QED) is 0.875. The molecule has 0 atom stereocenters. The molecular weight excluding hydrogens is 282 g/mol. The predicted molar refractivity (Wildman–Crippen MR) is 76.4 cm³/mol. The Labute approximate surface area is 119 Å². The summed E-state index contributed by atoms with van der Waals surface area (Å²) >= 11 is 3.29. The van der Waals surface area contributed by atoms with Gasteiger partial charge >= 0.3 is 0 Å². The van der Waals surface area contributed by atoms with Crippen LogP contribution in [0.15, 0.2) is 23.1 Å². The average molecular weight is 295 g/mol. The number of rotatable bonds is 4. The van der Waals surface area contributed by atoms with Crippen molar-refractivity contribution in [3.8, 4) is 11.5 Å². The molecule has 0 spiro atoms. The molecule has 1 aliphatic rings. The first-order valence-electron chi connectivity index (χ1n) is 5.88. The minimum atomic E-state index is 0.614. The highest BCUT2D eigenvalue weighted by Gasteiger charge is 2.12. The summed E-state index contributed by atoms with van der Waals surface area (Å²) in [5.41, 5.74) is 0. The van der Waals surface area contributed by atoms with E-state index in [2.05, 4.69) is 15.5 Å². The van der Waals surface area contributed by atoms with Crippen LogP contribution in [0.5, 0.6) is 11.5 Å². The molecule has 1 aromatic carbocycles. The van der Waals surface area contributed by atoms with Crippen molar-refractivity contribution in [2.24, 2.45) is 0 Å². The summed E-state index contributed by atoms with van der Waals surface area (Å²) in [4.78, 5) is 1.14. The number of hydrogen-bond acceptors (Lipinski definition) is 7. The molecule has 0 saturated carbocycles. The zero-order chi connectivity index (χ0) is 13.1. The fourth-order valence-electron chi connectivity index (χ4n) is 1.67. The van der Waals surface area contributed by atoms with Crippen LogP contribution >= 0.6 is 23.1 Å². The molecule has 100 valence electrons. The monoisotopic (exact) mass is 295 g/mol. The summed E-state index contributed by atoms with van der Waals surface area (Å²) in [6.07, 6.45) is 0. The van der Waals surface area contributed by atoms with Crippen LogP contribution in [0, 0.1) is 0 Å². The molecule has 0 aliphatic carbocycles. The fraction of sp³-hybridized carbons (Fsp3) is 0.333. The molecule has 5 nitrogen and oxygen atoms in total. The summed E-state index contributed by atoms with van der Waals surface area (Å²) in [6, 6.07) is 6.01. The van der Waals surface area contributed by atoms with E-state index in [9.17, 15) is 0 Å². The topological polar surface area (TPSA) is 56.3 Å². The molecule has 2 heterocycles. The Morgan fingerprint density at radius 3 is 2.89 bits per heavy atom. The standard InChI is InChI=1S/C12H13N3O2S2/c1-13-12-15-14-11(19-12)7-18-8-2-3-9-10(6-8)17-5-4-16-9/h2-3,6H,4-5,7H2,1H3,(H,13,15). The second-order valence-corrected chi connectivity index (χ2v) is 5.96. The second-order valence-electron chi connectivity index (χ2n) is 3.85. The summed E-state index contributed by atoms with van der Waals surface area (Å²) in [6.45, 7) is 1.24. The van der Waals surface area contributed by atoms with Crippen LogP contribution in [0.2, 0.25) is 0 Å². The van der Waals surface area contributed by atoms with E-state index in [0.717, 1.165) is 32.3 Å². The van der Waals surface area contributed by atoms with Crippen LogP contribution in [0.4, 0.5) is 5.13 Å². The van der Waals surface area contributed by atoms with Crippen LogP contribution in [-0.2, 0) is 5.75 Å². The van der Waals surface area contributed by atoms with E-state index >= 15 is 0 Å². The molecule has 0 fully saturated rings. The number of fused-ring (bicyclic) bond motifs is 1. The normalized spacial score (nSPS) is 13.3. The maximum Gasteiger partial charge on any atom is 0.205 e. The van der Waals surface area contributed by atoms with E-state index in [1.807, 2.05) is 25.2 Å². The van der Waals surface area contributed by atoms with Gasteiger partial charge in [0.15, 0.2) is 11.5 Å². The Hall–Kier alpha value is -1.47. The van der Waals surface area contributed by atoms with Crippen molar-refractivity contribution in [1.82, 2.24) is 10.2 Å². The number of benzene rings is 1. The molecule has 2 aromatic rings. The zero-order valence-electron chi connectivity index (χ0n) is 10.4. The third-order valence-electron chi connectivity index (χ3n) is 2.56. The van der Waals surface area contributed by atoms with E-state index < -0.39 is 0 Å². The maximum absolute atomic E-state index is 5.56. The number of ether oxygens (including phenoxy) is 2. The first-order valence-corrected chi connectivity index (χ1v) is 7.68. The van der Waals surface area contributed by atoms with Crippen LogP contribution in [0.3, 0.4) is 0 Å². The number of thioether (sulfide) groups is 1. The lowest BCUT2D eigenvalue weighted by Gasteiger charge is -2.18. The first kappa shape index (κ1) is 12.6. The van der Waals surface area contributed by atoms with Crippen molar-refractivity contribution in [3.05, 3.63) is 23.2 Å². The molecular formula is C12H13N3O2S2. The Kier molecular flexibility index (Phi) is 3.74. The molecule has 0 amide bonds. The van der Waals surface area contributed by atoms with Crippen molar-refractivity contribution >= 4 is 28.2 Å². The van der Waals surface area contributed by atoms with Gasteiger partial charge in [-0.3, -0.25) is 0 Å². The Morgan fingerprint density at radius 1 is 1.26 bits per heavy atom. The molecule has 1 aliphatic heterocycles. The minimum absolute atomic E-state index is 0.614. The molecule has 1 N–H and O–H groups in total. The highest BCUT2D eigenvalue weighted by molar-refractivity contribution is 7.98. The smallest absolute Gasteiger partial charge is 0.205 e. The second kappa shape index (κ2) is 5.66. The fourth-order valence-corrected chi connectivity index (χ4v) is 3.28. The van der Waals surface area contributed by atoms with Crippen molar-refractivity contribution in [1.29, 1.82) is 0 Å². The summed E-state index contributed by atoms with van der Waals surface area (Å²) in [5, 5.41) is 13.0. The number of hydrogen-bond donors (Lipinski definition) is 1. The molecule has 19 heavy (non-hydrogen) atoms. The van der Waals surface area contributed by atoms with E-state index in [-0.39, 0.29) is 0 Å². The van der Waals surface area contributed by atoms with Crippen LogP contribution in [0.25, 0.3) is 0 Å². The lowest BCUT2D eigenvalue weighted by molar-refractivity contribution is 0.171. The van der Waals surface area contributed by atoms with Gasteiger partial charge in [-0.15, -0.1) is 22.0 Å². The summed E-state index contributed by atoms with van der Waals surface area (Å²) < 4.78 is 11.1. The van der Waals surface area contributed by atoms with Crippen LogP contribution in [-0.4, -0.2) is 30.5 Å². The van der Waals surface area contributed by atoms with Crippen molar-refractivity contribution in [2.45, 2.75) is 10.6 Å². The Balaban J connectivity index is 1.66. The zero-order valence-corrected chi connectivity index (χ0v) is 12.0. The lowest BCUT2D eigenvalue weighted by Crippen LogP contribution is -2.15. The van der Waals surface area contributed by atoms with Gasteiger partial charge in [0, 0.05) is 11.9 Å². The largest absolute Gasteiger partial charge is 0.486 e. The highest BCUT2D eigenvalue weighted by Crippen LogP contribution is 2.35. The minimum Gasteiger partial charge on any atom is -0.486 e. The highest BCUT2D eigenvalue weighted by atomic mass is 32.2. The van der Waals surface area contributed by atoms with Gasteiger partial charge in [-0.05, 0) is 18.2 Å². The molecule has 0 bridgehead atoms. The average Bonchev–Trinajstić information content (AvgIpc) is 2.93. The van der Waals surface area contributed by atoms with E-state index in [1.165, 1.54) is 0 Å². The van der Waals surface area contributed by atoms with Gasteiger partial charge in [0.05, 0.1) is 5.75 Å². The van der Waals surface area contributed by atoms with Gasteiger partial charge < -0.3 is 14.8 Å². The van der Waals surface area contributed by atoms with E-state index in [4.69, 9.17) is 9.47 Å². The van der Waals surface area contributed by atoms with Crippen molar-refractivity contribution < 1.29 is 9.47 Å². The van der Waals surface area contributed by atoms with Gasteiger partial charge in [-0.1, -0.05) is 11.3 Å². The third kappa shape index (κ3) is 2.93. The molecule has 0 radical (unpaired) electrons. The van der Waals surface area contributed by atoms with Gasteiger partial charge in [-0.25, -0.2) is 0 Å². The Morgan fingerprint density at radius 2 is 2.11 bits per heavy atom. The maximum atomic E-state index is 5.56. The van der Waals surface area contributed by atoms with Crippen molar-refractivity contribution in [3.63, 3.8) is 0 Å². The van der Waals surface area contributed by atoms with Gasteiger partial charge in [0.2, 0.25) is 5.13 Å². The van der Waals surface area contributed by atoms with Crippen LogP contribution in [0.1, 0.15) is 5.01 Å². The van der Waals surface area contributed by atoms with E-state index in [0.29, 0.717) is 13.2 Å². The van der Waals surface area contributed by atoms with E-state index in [1.54, 1.807) is 23.1 Å². The summed E-state index contributed by atoms with van der Waals surface area (Å²) in [7, 11) is 1.85. The SMILES string of the molecule is CNc1nnc(CSc2ccc3c(c2)OCCO3)s1. The molecule has 3 rings (SSSR count). The van der Waals surface area contributed by atoms with Gasteiger partial charge in [0.1, 0.15) is 18.2 Å². The number of aromatic nitrogens is 2. The lowest BCUT2D eigenvalue weighted by atomic mass is 10.3. The van der Waals surface area contributed by atoms with Gasteiger partial charge in [-0.2, -0.15) is 0 Å². The number of nitrogens with one attached hydrogen (secondary N) is 1. The molecule has 0 unspecified atom stereocenters. The first-order chi connectivity index (χ1) is 9.35. The number of anilines is 1. The van der Waals surface area contributed by atoms with Crippen molar-refractivity contribution in [2.75, 3.05) is 25.6 Å². The predicted octanol–water partition coefficient (Wildman–Crippen LogP) is 2.64. The number of nitrogens with zero attached hydrogens (tertiary/aromatic N) is 2. The Bertz CT molecular complexity index is 574. The molecule has 1 aromatic heterocycles. The molecule has 0 saturated heterocycles. The van der Waals surface area contributed by atoms with Crippen LogP contribution < -0.4 is 14.8 Å².